The maximum absolute atomic E-state index is 12.3. The van der Waals surface area contributed by atoms with Gasteiger partial charge in [-0.3, -0.25) is 4.79 Å². The van der Waals surface area contributed by atoms with Gasteiger partial charge in [0.25, 0.3) is 0 Å². The minimum Gasteiger partial charge on any atom is -0.370 e. The van der Waals surface area contributed by atoms with Gasteiger partial charge in [0.15, 0.2) is 0 Å². The smallest absolute Gasteiger partial charge is 0.222 e. The molecule has 2 aliphatic heterocycles. The first-order valence-electron chi connectivity index (χ1n) is 9.24. The van der Waals surface area contributed by atoms with Gasteiger partial charge < -0.3 is 14.5 Å². The molecule has 4 nitrogen and oxygen atoms in total. The summed E-state index contributed by atoms with van der Waals surface area (Å²) in [6, 6.07) is 8.31. The molecular weight excluding hydrogens is 300 g/mol. The summed E-state index contributed by atoms with van der Waals surface area (Å²) >= 11 is 0. The first-order valence-corrected chi connectivity index (χ1v) is 9.24. The number of aryl methyl sites for hydroxylation is 1. The van der Waals surface area contributed by atoms with Crippen LogP contribution >= 0.6 is 0 Å². The summed E-state index contributed by atoms with van der Waals surface area (Å²) in [5.41, 5.74) is 2.51. The number of carbonyl (C=O) groups excluding carboxylic acids is 1. The molecule has 1 amide bonds. The molecule has 0 radical (unpaired) electrons. The molecule has 132 valence electrons. The Morgan fingerprint density at radius 1 is 1.25 bits per heavy atom. The van der Waals surface area contributed by atoms with Crippen molar-refractivity contribution in [3.63, 3.8) is 0 Å². The zero-order valence-corrected chi connectivity index (χ0v) is 15.0. The average molecular weight is 330 g/mol. The lowest BCUT2D eigenvalue weighted by atomic mass is 9.93. The Hall–Kier alpha value is -1.39. The lowest BCUT2D eigenvalue weighted by Gasteiger charge is -2.39. The van der Waals surface area contributed by atoms with E-state index in [4.69, 9.17) is 4.74 Å². The van der Waals surface area contributed by atoms with Crippen molar-refractivity contribution in [2.75, 3.05) is 33.2 Å². The second-order valence-corrected chi connectivity index (χ2v) is 7.47. The standard InChI is InChI=1S/C20H30N2O2/c1-16-6-3-4-8-18(16)15-24-19-13-22(14-19)20(23)10-9-17-7-5-11-21(2)12-17/h3-4,6,8,17,19H,5,7,9-15H2,1-2H3/t17-/m0/s1. The van der Waals surface area contributed by atoms with Crippen LogP contribution in [0.25, 0.3) is 0 Å². The van der Waals surface area contributed by atoms with E-state index >= 15 is 0 Å². The molecule has 0 spiro atoms. The number of likely N-dealkylation sites (tertiary alicyclic amines) is 2. The van der Waals surface area contributed by atoms with E-state index in [1.807, 2.05) is 17.0 Å². The molecule has 2 saturated heterocycles. The largest absolute Gasteiger partial charge is 0.370 e. The molecule has 0 saturated carbocycles. The predicted molar refractivity (Wildman–Crippen MR) is 95.8 cm³/mol. The van der Waals surface area contributed by atoms with Gasteiger partial charge in [0.1, 0.15) is 0 Å². The molecule has 1 atom stereocenters. The number of piperidine rings is 1. The number of hydrogen-bond donors (Lipinski definition) is 0. The van der Waals surface area contributed by atoms with Crippen LogP contribution in [0.3, 0.4) is 0 Å². The van der Waals surface area contributed by atoms with Gasteiger partial charge in [0.05, 0.1) is 12.7 Å². The molecule has 1 aromatic rings. The second-order valence-electron chi connectivity index (χ2n) is 7.47. The molecule has 1 aromatic carbocycles. The molecule has 2 heterocycles. The van der Waals surface area contributed by atoms with Crippen LogP contribution in [0.15, 0.2) is 24.3 Å². The first kappa shape index (κ1) is 17.4. The zero-order valence-electron chi connectivity index (χ0n) is 15.0. The number of hydrogen-bond acceptors (Lipinski definition) is 3. The van der Waals surface area contributed by atoms with Gasteiger partial charge in [0.2, 0.25) is 5.91 Å². The van der Waals surface area contributed by atoms with Crippen LogP contribution in [0.5, 0.6) is 0 Å². The van der Waals surface area contributed by atoms with Crippen LogP contribution in [0, 0.1) is 12.8 Å². The number of nitrogens with zero attached hydrogens (tertiary/aromatic N) is 2. The molecule has 24 heavy (non-hydrogen) atoms. The second kappa shape index (κ2) is 8.13. The third-order valence-electron chi connectivity index (χ3n) is 5.43. The highest BCUT2D eigenvalue weighted by atomic mass is 16.5. The third-order valence-corrected chi connectivity index (χ3v) is 5.43. The van der Waals surface area contributed by atoms with Crippen LogP contribution in [-0.2, 0) is 16.1 Å². The van der Waals surface area contributed by atoms with Gasteiger partial charge in [0, 0.05) is 26.1 Å². The van der Waals surface area contributed by atoms with Gasteiger partial charge in [-0.15, -0.1) is 0 Å². The molecular formula is C20H30N2O2. The van der Waals surface area contributed by atoms with Gasteiger partial charge in [-0.2, -0.15) is 0 Å². The first-order chi connectivity index (χ1) is 11.6. The van der Waals surface area contributed by atoms with Crippen molar-refractivity contribution < 1.29 is 9.53 Å². The summed E-state index contributed by atoms with van der Waals surface area (Å²) < 4.78 is 5.93. The fourth-order valence-electron chi connectivity index (χ4n) is 3.72. The average Bonchev–Trinajstić information content (AvgIpc) is 2.53. The Kier molecular flexibility index (Phi) is 5.90. The highest BCUT2D eigenvalue weighted by Crippen LogP contribution is 2.22. The lowest BCUT2D eigenvalue weighted by Crippen LogP contribution is -2.54. The van der Waals surface area contributed by atoms with Gasteiger partial charge in [-0.25, -0.2) is 0 Å². The van der Waals surface area contributed by atoms with E-state index in [1.54, 1.807) is 0 Å². The molecule has 0 unspecified atom stereocenters. The van der Waals surface area contributed by atoms with Gasteiger partial charge in [-0.1, -0.05) is 24.3 Å². The van der Waals surface area contributed by atoms with Crippen molar-refractivity contribution in [3.8, 4) is 0 Å². The topological polar surface area (TPSA) is 32.8 Å². The molecule has 2 fully saturated rings. The summed E-state index contributed by atoms with van der Waals surface area (Å²) in [7, 11) is 2.18. The lowest BCUT2D eigenvalue weighted by molar-refractivity contribution is -0.146. The van der Waals surface area contributed by atoms with Crippen molar-refractivity contribution in [2.24, 2.45) is 5.92 Å². The fraction of sp³-hybridized carbons (Fsp3) is 0.650. The van der Waals surface area contributed by atoms with E-state index in [-0.39, 0.29) is 6.10 Å². The summed E-state index contributed by atoms with van der Waals surface area (Å²) in [5, 5.41) is 0. The molecule has 0 bridgehead atoms. The monoisotopic (exact) mass is 330 g/mol. The summed E-state index contributed by atoms with van der Waals surface area (Å²) in [6.45, 7) is 6.63. The Bertz CT molecular complexity index is 554. The minimum atomic E-state index is 0.203. The fourth-order valence-corrected chi connectivity index (χ4v) is 3.72. The summed E-state index contributed by atoms with van der Waals surface area (Å²) in [4.78, 5) is 16.6. The minimum absolute atomic E-state index is 0.203. The van der Waals surface area contributed by atoms with Crippen molar-refractivity contribution >= 4 is 5.91 Å². The molecule has 0 aliphatic carbocycles. The maximum atomic E-state index is 12.3. The van der Waals surface area contributed by atoms with Crippen LogP contribution in [0.1, 0.15) is 36.8 Å². The molecule has 0 N–H and O–H groups in total. The SMILES string of the molecule is Cc1ccccc1COC1CN(C(=O)CC[C@@H]2CCCN(C)C2)C1. The predicted octanol–water partition coefficient (Wildman–Crippen LogP) is 2.84. The van der Waals surface area contributed by atoms with Crippen LogP contribution < -0.4 is 0 Å². The van der Waals surface area contributed by atoms with Crippen molar-refractivity contribution in [2.45, 2.75) is 45.3 Å². The highest BCUT2D eigenvalue weighted by Gasteiger charge is 2.31. The molecule has 0 aromatic heterocycles. The highest BCUT2D eigenvalue weighted by molar-refractivity contribution is 5.77. The maximum Gasteiger partial charge on any atom is 0.222 e. The van der Waals surface area contributed by atoms with Gasteiger partial charge in [-0.05, 0) is 56.8 Å². The van der Waals surface area contributed by atoms with Crippen molar-refractivity contribution in [1.82, 2.24) is 9.80 Å². The van der Waals surface area contributed by atoms with Crippen LogP contribution in [0.4, 0.5) is 0 Å². The van der Waals surface area contributed by atoms with E-state index in [9.17, 15) is 4.79 Å². The van der Waals surface area contributed by atoms with Crippen LogP contribution in [0.2, 0.25) is 0 Å². The van der Waals surface area contributed by atoms with E-state index in [1.165, 1.54) is 30.5 Å². The van der Waals surface area contributed by atoms with E-state index in [2.05, 4.69) is 31.0 Å². The van der Waals surface area contributed by atoms with Crippen molar-refractivity contribution in [1.29, 1.82) is 0 Å². The van der Waals surface area contributed by atoms with Gasteiger partial charge >= 0.3 is 0 Å². The number of ether oxygens (including phenoxy) is 1. The number of benzene rings is 1. The number of rotatable bonds is 6. The number of amides is 1. The van der Waals surface area contributed by atoms with E-state index in [0.29, 0.717) is 24.9 Å². The zero-order chi connectivity index (χ0) is 16.9. The normalized spacial score (nSPS) is 22.4. The summed E-state index contributed by atoms with van der Waals surface area (Å²) in [5.74, 6) is 1.00. The van der Waals surface area contributed by atoms with Crippen LogP contribution in [-0.4, -0.2) is 55.0 Å². The van der Waals surface area contributed by atoms with E-state index < -0.39 is 0 Å². The molecule has 2 aliphatic rings. The quantitative estimate of drug-likeness (QED) is 0.804. The van der Waals surface area contributed by atoms with E-state index in [0.717, 1.165) is 26.1 Å². The third kappa shape index (κ3) is 4.58. The Balaban J connectivity index is 1.32. The Labute approximate surface area is 145 Å². The Morgan fingerprint density at radius 2 is 2.04 bits per heavy atom. The Morgan fingerprint density at radius 3 is 2.79 bits per heavy atom. The number of carbonyl (C=O) groups is 1. The summed E-state index contributed by atoms with van der Waals surface area (Å²) in [6.07, 6.45) is 4.49. The molecule has 3 rings (SSSR count). The molecule has 4 heteroatoms. The van der Waals surface area contributed by atoms with Crippen molar-refractivity contribution in [3.05, 3.63) is 35.4 Å².